The predicted molar refractivity (Wildman–Crippen MR) is 96.7 cm³/mol. The van der Waals surface area contributed by atoms with E-state index < -0.39 is 0 Å². The Bertz CT molecular complexity index is 1110. The van der Waals surface area contributed by atoms with Crippen molar-refractivity contribution >= 4 is 11.5 Å². The SMILES string of the molecule is Cc1cc2nncn2nc1N1CCc2ncc(-c3ccn(C)n3)cc2C1. The molecule has 5 heterocycles. The molecular weight excluding hydrogens is 328 g/mol. The van der Waals surface area contributed by atoms with E-state index in [2.05, 4.69) is 38.2 Å². The van der Waals surface area contributed by atoms with Crippen LogP contribution in [0.4, 0.5) is 5.82 Å². The Morgan fingerprint density at radius 2 is 2.08 bits per heavy atom. The van der Waals surface area contributed by atoms with E-state index in [9.17, 15) is 0 Å². The third kappa shape index (κ3) is 2.42. The molecule has 0 saturated carbocycles. The zero-order valence-electron chi connectivity index (χ0n) is 14.7. The molecule has 0 bridgehead atoms. The second kappa shape index (κ2) is 5.62. The van der Waals surface area contributed by atoms with Gasteiger partial charge in [0.1, 0.15) is 6.33 Å². The zero-order valence-corrected chi connectivity index (χ0v) is 14.7. The van der Waals surface area contributed by atoms with E-state index in [1.54, 1.807) is 10.8 Å². The van der Waals surface area contributed by atoms with E-state index in [4.69, 9.17) is 5.10 Å². The number of hydrogen-bond acceptors (Lipinski definition) is 6. The maximum Gasteiger partial charge on any atom is 0.177 e. The third-order valence-electron chi connectivity index (χ3n) is 4.81. The fourth-order valence-corrected chi connectivity index (χ4v) is 3.48. The molecule has 5 rings (SSSR count). The molecule has 0 atom stereocenters. The molecule has 4 aromatic rings. The van der Waals surface area contributed by atoms with Crippen LogP contribution >= 0.6 is 0 Å². The van der Waals surface area contributed by atoms with Crippen LogP contribution in [0, 0.1) is 6.92 Å². The average molecular weight is 346 g/mol. The predicted octanol–water partition coefficient (Wildman–Crippen LogP) is 1.79. The minimum atomic E-state index is 0.766. The summed E-state index contributed by atoms with van der Waals surface area (Å²) >= 11 is 0. The summed E-state index contributed by atoms with van der Waals surface area (Å²) in [7, 11) is 1.92. The Labute approximate surface area is 150 Å². The van der Waals surface area contributed by atoms with Gasteiger partial charge in [-0.1, -0.05) is 0 Å². The van der Waals surface area contributed by atoms with Crippen LogP contribution in [0.25, 0.3) is 16.9 Å². The summed E-state index contributed by atoms with van der Waals surface area (Å²) in [6, 6.07) is 6.23. The van der Waals surface area contributed by atoms with Crippen molar-refractivity contribution in [2.75, 3.05) is 11.4 Å². The van der Waals surface area contributed by atoms with Crippen molar-refractivity contribution in [2.24, 2.45) is 7.05 Å². The lowest BCUT2D eigenvalue weighted by Gasteiger charge is -2.30. The Hall–Kier alpha value is -3.29. The summed E-state index contributed by atoms with van der Waals surface area (Å²) in [6.07, 6.45) is 6.41. The summed E-state index contributed by atoms with van der Waals surface area (Å²) < 4.78 is 3.53. The molecular formula is C18H18N8. The smallest absolute Gasteiger partial charge is 0.177 e. The highest BCUT2D eigenvalue weighted by Gasteiger charge is 2.21. The Kier molecular flexibility index (Phi) is 3.24. The number of pyridine rings is 1. The largest absolute Gasteiger partial charge is 0.350 e. The lowest BCUT2D eigenvalue weighted by molar-refractivity contribution is 0.689. The lowest BCUT2D eigenvalue weighted by atomic mass is 10.0. The van der Waals surface area contributed by atoms with Crippen LogP contribution in [-0.2, 0) is 20.0 Å². The van der Waals surface area contributed by atoms with Crippen LogP contribution in [0.2, 0.25) is 0 Å². The topological polar surface area (TPSA) is 77.0 Å². The summed E-state index contributed by atoms with van der Waals surface area (Å²) in [5, 5.41) is 17.2. The van der Waals surface area contributed by atoms with Crippen LogP contribution in [0.3, 0.4) is 0 Å². The molecule has 0 spiro atoms. The molecule has 0 saturated heterocycles. The number of nitrogens with zero attached hydrogens (tertiary/aromatic N) is 8. The molecule has 8 nitrogen and oxygen atoms in total. The third-order valence-corrected chi connectivity index (χ3v) is 4.81. The van der Waals surface area contributed by atoms with Gasteiger partial charge in [0.05, 0.1) is 5.69 Å². The maximum atomic E-state index is 4.70. The first-order valence-electron chi connectivity index (χ1n) is 8.58. The van der Waals surface area contributed by atoms with Gasteiger partial charge < -0.3 is 4.90 Å². The normalized spacial score (nSPS) is 14.0. The highest BCUT2D eigenvalue weighted by molar-refractivity contribution is 5.60. The molecule has 0 aliphatic carbocycles. The molecule has 0 N–H and O–H groups in total. The van der Waals surface area contributed by atoms with E-state index in [1.165, 1.54) is 5.56 Å². The highest BCUT2D eigenvalue weighted by Crippen LogP contribution is 2.27. The monoisotopic (exact) mass is 346 g/mol. The molecule has 1 aliphatic heterocycles. The van der Waals surface area contributed by atoms with Gasteiger partial charge in [0.2, 0.25) is 0 Å². The lowest BCUT2D eigenvalue weighted by Crippen LogP contribution is -2.32. The average Bonchev–Trinajstić information content (AvgIpc) is 3.28. The van der Waals surface area contributed by atoms with E-state index in [1.807, 2.05) is 36.3 Å². The standard InChI is InChI=1S/C18H18N8/c1-12-7-17-21-20-11-26(17)23-18(12)25-6-4-15-14(10-25)8-13(9-19-15)16-3-5-24(2)22-16/h3,5,7-9,11H,4,6,10H2,1-2H3. The van der Waals surface area contributed by atoms with Crippen molar-refractivity contribution in [3.8, 4) is 11.3 Å². The number of aromatic nitrogens is 7. The van der Waals surface area contributed by atoms with Gasteiger partial charge in [0.15, 0.2) is 11.5 Å². The fraction of sp³-hybridized carbons (Fsp3) is 0.278. The minimum absolute atomic E-state index is 0.766. The molecule has 0 radical (unpaired) electrons. The van der Waals surface area contributed by atoms with Crippen LogP contribution in [0.15, 0.2) is 36.9 Å². The number of fused-ring (bicyclic) bond motifs is 2. The second-order valence-corrected chi connectivity index (χ2v) is 6.66. The molecule has 0 fully saturated rings. The maximum absolute atomic E-state index is 4.70. The van der Waals surface area contributed by atoms with Crippen LogP contribution < -0.4 is 4.90 Å². The van der Waals surface area contributed by atoms with Gasteiger partial charge in [0, 0.05) is 50.2 Å². The summed E-state index contributed by atoms with van der Waals surface area (Å²) in [5.41, 5.74) is 6.24. The highest BCUT2D eigenvalue weighted by atomic mass is 15.4. The second-order valence-electron chi connectivity index (χ2n) is 6.66. The van der Waals surface area contributed by atoms with E-state index in [0.717, 1.165) is 53.5 Å². The Morgan fingerprint density at radius 1 is 1.15 bits per heavy atom. The van der Waals surface area contributed by atoms with Gasteiger partial charge in [-0.15, -0.1) is 15.3 Å². The number of hydrogen-bond donors (Lipinski definition) is 0. The number of rotatable bonds is 2. The summed E-state index contributed by atoms with van der Waals surface area (Å²) in [5.74, 6) is 0.964. The Morgan fingerprint density at radius 3 is 2.92 bits per heavy atom. The van der Waals surface area contributed by atoms with Crippen molar-refractivity contribution in [3.63, 3.8) is 0 Å². The summed E-state index contributed by atoms with van der Waals surface area (Å²) in [4.78, 5) is 6.97. The Balaban J connectivity index is 1.51. The molecule has 1 aliphatic rings. The van der Waals surface area contributed by atoms with Crippen molar-refractivity contribution in [3.05, 3.63) is 53.7 Å². The fourth-order valence-electron chi connectivity index (χ4n) is 3.48. The molecule has 0 aromatic carbocycles. The van der Waals surface area contributed by atoms with Gasteiger partial charge in [-0.25, -0.2) is 0 Å². The zero-order chi connectivity index (χ0) is 17.7. The van der Waals surface area contributed by atoms with E-state index in [-0.39, 0.29) is 0 Å². The van der Waals surface area contributed by atoms with Crippen LogP contribution in [0.1, 0.15) is 16.8 Å². The van der Waals surface area contributed by atoms with Crippen molar-refractivity contribution in [1.29, 1.82) is 0 Å². The first kappa shape index (κ1) is 15.0. The van der Waals surface area contributed by atoms with Gasteiger partial charge >= 0.3 is 0 Å². The minimum Gasteiger partial charge on any atom is -0.350 e. The van der Waals surface area contributed by atoms with E-state index in [0.29, 0.717) is 0 Å². The summed E-state index contributed by atoms with van der Waals surface area (Å²) in [6.45, 7) is 3.74. The quantitative estimate of drug-likeness (QED) is 0.551. The molecule has 4 aromatic heterocycles. The van der Waals surface area contributed by atoms with E-state index >= 15 is 0 Å². The van der Waals surface area contributed by atoms with Crippen molar-refractivity contribution < 1.29 is 0 Å². The molecule has 0 unspecified atom stereocenters. The van der Waals surface area contributed by atoms with Crippen LogP contribution in [-0.4, -0.2) is 41.1 Å². The van der Waals surface area contributed by atoms with Gasteiger partial charge in [-0.2, -0.15) is 9.61 Å². The molecule has 26 heavy (non-hydrogen) atoms. The van der Waals surface area contributed by atoms with Crippen molar-refractivity contribution in [1.82, 2.24) is 34.6 Å². The molecule has 0 amide bonds. The van der Waals surface area contributed by atoms with Crippen LogP contribution in [0.5, 0.6) is 0 Å². The number of aryl methyl sites for hydroxylation is 2. The van der Waals surface area contributed by atoms with Gasteiger partial charge in [-0.3, -0.25) is 9.67 Å². The van der Waals surface area contributed by atoms with Crippen molar-refractivity contribution in [2.45, 2.75) is 19.9 Å². The van der Waals surface area contributed by atoms with Gasteiger partial charge in [0.25, 0.3) is 0 Å². The number of anilines is 1. The van der Waals surface area contributed by atoms with Gasteiger partial charge in [-0.05, 0) is 36.2 Å². The molecule has 8 heteroatoms. The first-order valence-corrected chi connectivity index (χ1v) is 8.58. The first-order chi connectivity index (χ1) is 12.7. The molecule has 130 valence electrons.